The molecule has 1 atom stereocenters. The van der Waals surface area contributed by atoms with E-state index in [-0.39, 0.29) is 12.1 Å². The van der Waals surface area contributed by atoms with Crippen molar-refractivity contribution in [1.82, 2.24) is 10.3 Å². The lowest BCUT2D eigenvalue weighted by Gasteiger charge is -2.16. The van der Waals surface area contributed by atoms with Crippen molar-refractivity contribution in [3.63, 3.8) is 0 Å². The Morgan fingerprint density at radius 1 is 1.30 bits per heavy atom. The van der Waals surface area contributed by atoms with Gasteiger partial charge in [0.2, 0.25) is 0 Å². The Labute approximate surface area is 120 Å². The Morgan fingerprint density at radius 2 is 2.10 bits per heavy atom. The molecular formula is C16H22N2O2. The molecule has 1 unspecified atom stereocenters. The number of hydrogen-bond donors (Lipinski definition) is 1. The summed E-state index contributed by atoms with van der Waals surface area (Å²) in [5, 5.41) is 3.26. The summed E-state index contributed by atoms with van der Waals surface area (Å²) < 4.78 is 11.5. The van der Waals surface area contributed by atoms with E-state index < -0.39 is 0 Å². The van der Waals surface area contributed by atoms with Crippen molar-refractivity contribution < 1.29 is 9.15 Å². The van der Waals surface area contributed by atoms with Gasteiger partial charge in [-0.1, -0.05) is 6.92 Å². The number of aromatic nitrogens is 1. The van der Waals surface area contributed by atoms with Crippen molar-refractivity contribution in [2.45, 2.75) is 39.3 Å². The lowest BCUT2D eigenvalue weighted by Crippen LogP contribution is -2.17. The quantitative estimate of drug-likeness (QED) is 0.877. The van der Waals surface area contributed by atoms with Crippen LogP contribution in [0.1, 0.15) is 43.9 Å². The van der Waals surface area contributed by atoms with Crippen LogP contribution in [0.2, 0.25) is 0 Å². The first-order valence-corrected chi connectivity index (χ1v) is 7.01. The second-order valence-corrected chi connectivity index (χ2v) is 5.00. The molecule has 0 spiro atoms. The van der Waals surface area contributed by atoms with E-state index >= 15 is 0 Å². The van der Waals surface area contributed by atoms with E-state index in [0.717, 1.165) is 29.3 Å². The van der Waals surface area contributed by atoms with E-state index in [4.69, 9.17) is 9.15 Å². The second-order valence-electron chi connectivity index (χ2n) is 5.00. The molecule has 4 nitrogen and oxygen atoms in total. The third-order valence-corrected chi connectivity index (χ3v) is 3.04. The number of aryl methyl sites for hydroxylation is 1. The van der Waals surface area contributed by atoms with Crippen LogP contribution in [0.15, 0.2) is 35.0 Å². The monoisotopic (exact) mass is 274 g/mol. The van der Waals surface area contributed by atoms with Gasteiger partial charge < -0.3 is 14.5 Å². The molecule has 108 valence electrons. The highest BCUT2D eigenvalue weighted by Crippen LogP contribution is 2.26. The normalized spacial score (nSPS) is 12.7. The van der Waals surface area contributed by atoms with Gasteiger partial charge in [0.25, 0.3) is 0 Å². The average molecular weight is 274 g/mol. The SMILES string of the molecule is CCc1ccc(C(NC)c2cncc(OC(C)C)c2)o1. The van der Waals surface area contributed by atoms with E-state index in [9.17, 15) is 0 Å². The first kappa shape index (κ1) is 14.6. The molecule has 0 radical (unpaired) electrons. The fraction of sp³-hybridized carbons (Fsp3) is 0.438. The number of ether oxygens (including phenoxy) is 1. The van der Waals surface area contributed by atoms with Gasteiger partial charge >= 0.3 is 0 Å². The molecule has 2 rings (SSSR count). The topological polar surface area (TPSA) is 47.3 Å². The molecule has 0 fully saturated rings. The van der Waals surface area contributed by atoms with Gasteiger partial charge in [-0.2, -0.15) is 0 Å². The summed E-state index contributed by atoms with van der Waals surface area (Å²) in [6.45, 7) is 6.08. The van der Waals surface area contributed by atoms with E-state index in [1.165, 1.54) is 0 Å². The molecular weight excluding hydrogens is 252 g/mol. The summed E-state index contributed by atoms with van der Waals surface area (Å²) >= 11 is 0. The third-order valence-electron chi connectivity index (χ3n) is 3.04. The van der Waals surface area contributed by atoms with Crippen LogP contribution in [0.25, 0.3) is 0 Å². The smallest absolute Gasteiger partial charge is 0.138 e. The second kappa shape index (κ2) is 6.57. The molecule has 2 aromatic heterocycles. The van der Waals surface area contributed by atoms with Crippen molar-refractivity contribution in [2.75, 3.05) is 7.05 Å². The van der Waals surface area contributed by atoms with Crippen LogP contribution < -0.4 is 10.1 Å². The molecule has 20 heavy (non-hydrogen) atoms. The summed E-state index contributed by atoms with van der Waals surface area (Å²) in [6.07, 6.45) is 4.60. The van der Waals surface area contributed by atoms with Crippen LogP contribution in [0.4, 0.5) is 0 Å². The number of furan rings is 1. The van der Waals surface area contributed by atoms with Gasteiger partial charge in [0.05, 0.1) is 18.3 Å². The summed E-state index contributed by atoms with van der Waals surface area (Å²) in [6, 6.07) is 6.01. The van der Waals surface area contributed by atoms with Crippen LogP contribution in [0.5, 0.6) is 5.75 Å². The van der Waals surface area contributed by atoms with E-state index in [1.54, 1.807) is 6.20 Å². The maximum Gasteiger partial charge on any atom is 0.138 e. The highest BCUT2D eigenvalue weighted by Gasteiger charge is 2.17. The largest absolute Gasteiger partial charge is 0.489 e. The number of nitrogens with zero attached hydrogens (tertiary/aromatic N) is 1. The third kappa shape index (κ3) is 3.39. The number of hydrogen-bond acceptors (Lipinski definition) is 4. The Kier molecular flexibility index (Phi) is 4.79. The number of rotatable bonds is 6. The van der Waals surface area contributed by atoms with Crippen LogP contribution in [0.3, 0.4) is 0 Å². The summed E-state index contributed by atoms with van der Waals surface area (Å²) in [5.74, 6) is 2.66. The van der Waals surface area contributed by atoms with E-state index in [0.29, 0.717) is 0 Å². The van der Waals surface area contributed by atoms with Gasteiger partial charge in [0.15, 0.2) is 0 Å². The van der Waals surface area contributed by atoms with Crippen LogP contribution >= 0.6 is 0 Å². The molecule has 0 amide bonds. The molecule has 0 aromatic carbocycles. The lowest BCUT2D eigenvalue weighted by atomic mass is 10.1. The number of nitrogens with one attached hydrogen (secondary N) is 1. The highest BCUT2D eigenvalue weighted by atomic mass is 16.5. The zero-order chi connectivity index (χ0) is 14.5. The van der Waals surface area contributed by atoms with Gasteiger partial charge in [-0.25, -0.2) is 0 Å². The van der Waals surface area contributed by atoms with Crippen LogP contribution in [0, 0.1) is 0 Å². The minimum Gasteiger partial charge on any atom is -0.489 e. The lowest BCUT2D eigenvalue weighted by molar-refractivity contribution is 0.241. The zero-order valence-electron chi connectivity index (χ0n) is 12.5. The average Bonchev–Trinajstić information content (AvgIpc) is 2.88. The predicted octanol–water partition coefficient (Wildman–Crippen LogP) is 3.33. The zero-order valence-corrected chi connectivity index (χ0v) is 12.5. The fourth-order valence-electron chi connectivity index (χ4n) is 2.14. The molecule has 4 heteroatoms. The Morgan fingerprint density at radius 3 is 2.70 bits per heavy atom. The van der Waals surface area contributed by atoms with Crippen molar-refractivity contribution in [3.8, 4) is 5.75 Å². The predicted molar refractivity (Wildman–Crippen MR) is 79.0 cm³/mol. The summed E-state index contributed by atoms with van der Waals surface area (Å²) in [4.78, 5) is 4.25. The van der Waals surface area contributed by atoms with Gasteiger partial charge in [-0.05, 0) is 44.7 Å². The van der Waals surface area contributed by atoms with Gasteiger partial charge in [0.1, 0.15) is 17.3 Å². The van der Waals surface area contributed by atoms with Crippen molar-refractivity contribution in [2.24, 2.45) is 0 Å². The van der Waals surface area contributed by atoms with Crippen LogP contribution in [-0.4, -0.2) is 18.1 Å². The standard InChI is InChI=1S/C16H22N2O2/c1-5-13-6-7-15(20-13)16(17-4)12-8-14(10-18-9-12)19-11(2)3/h6-11,16-17H,5H2,1-4H3. The molecule has 2 heterocycles. The van der Waals surface area contributed by atoms with Crippen LogP contribution in [-0.2, 0) is 6.42 Å². The molecule has 0 aliphatic heterocycles. The van der Waals surface area contributed by atoms with Crippen molar-refractivity contribution >= 4 is 0 Å². The summed E-state index contributed by atoms with van der Waals surface area (Å²) in [5.41, 5.74) is 1.03. The van der Waals surface area contributed by atoms with E-state index in [1.807, 2.05) is 45.3 Å². The molecule has 2 aromatic rings. The highest BCUT2D eigenvalue weighted by molar-refractivity contribution is 5.31. The Hall–Kier alpha value is -1.81. The van der Waals surface area contributed by atoms with Gasteiger partial charge in [-0.15, -0.1) is 0 Å². The van der Waals surface area contributed by atoms with E-state index in [2.05, 4.69) is 17.2 Å². The summed E-state index contributed by atoms with van der Waals surface area (Å²) in [7, 11) is 1.91. The molecule has 0 aliphatic carbocycles. The first-order chi connectivity index (χ1) is 9.63. The number of pyridine rings is 1. The molecule has 0 aliphatic rings. The molecule has 0 saturated carbocycles. The first-order valence-electron chi connectivity index (χ1n) is 7.01. The van der Waals surface area contributed by atoms with Crippen molar-refractivity contribution in [1.29, 1.82) is 0 Å². The molecule has 1 N–H and O–H groups in total. The van der Waals surface area contributed by atoms with Gasteiger partial charge in [-0.3, -0.25) is 4.98 Å². The minimum absolute atomic E-state index is 0.0153. The molecule has 0 bridgehead atoms. The minimum atomic E-state index is -0.0153. The maximum absolute atomic E-state index is 5.83. The maximum atomic E-state index is 5.83. The Balaban J connectivity index is 2.26. The van der Waals surface area contributed by atoms with Crippen molar-refractivity contribution in [3.05, 3.63) is 47.7 Å². The Bertz CT molecular complexity index is 549. The van der Waals surface area contributed by atoms with Gasteiger partial charge in [0, 0.05) is 12.6 Å². The molecule has 0 saturated heterocycles. The fourth-order valence-corrected chi connectivity index (χ4v) is 2.14.